The molecule has 0 saturated heterocycles. The molecule has 0 amide bonds. The summed E-state index contributed by atoms with van der Waals surface area (Å²) in [7, 11) is 0. The molecular weight excluding hydrogens is 1300 g/mol. The van der Waals surface area contributed by atoms with E-state index in [2.05, 4.69) is 376 Å². The average molecular weight is 1360 g/mol. The minimum Gasteiger partial charge on any atom is -0.0616 e. The standard InChI is InChI=1S/C108H62/c1-3-24-65-54-93-71(52-63(65)22-1)46-48-88-77(93)40-20-44-90(88)105-73-30-9-6-27-68(73)57-97-81-36-15-17-38-85(81)100(61-103(97)105)107-75-32-11-5-26-67(75)56-95-83-42-19-43-84(87(83)50-51-92(95)107)99-60-102-96(79-34-13-14-35-80(79)99)59-70-29-8-12-33-76(70)108(102)101-62-104-98(82-37-16-18-39-86(82)101)58-69-28-7-10-31-74(69)106(104)91-45-21-41-78-89(91)49-47-72-53-64-23-2-4-25-66(64)55-94(72)78/h1-62H. The second-order valence-electron chi connectivity index (χ2n) is 29.9. The zero-order valence-corrected chi connectivity index (χ0v) is 58.8. The Morgan fingerprint density at radius 2 is 0.306 bits per heavy atom. The molecule has 24 aromatic carbocycles. The minimum atomic E-state index is 1.21. The highest BCUT2D eigenvalue weighted by atomic mass is 14.3. The third-order valence-corrected chi connectivity index (χ3v) is 24.4. The molecule has 0 fully saturated rings. The Morgan fingerprint density at radius 1 is 0.0833 bits per heavy atom. The van der Waals surface area contributed by atoms with Gasteiger partial charge >= 0.3 is 0 Å². The van der Waals surface area contributed by atoms with Crippen molar-refractivity contribution in [1.82, 2.24) is 0 Å². The topological polar surface area (TPSA) is 0 Å². The number of fused-ring (bicyclic) bond motifs is 24. The van der Waals surface area contributed by atoms with Crippen LogP contribution >= 0.6 is 0 Å². The van der Waals surface area contributed by atoms with Crippen LogP contribution in [0.15, 0.2) is 376 Å². The summed E-state index contributed by atoms with van der Waals surface area (Å²) in [6.45, 7) is 0. The summed E-state index contributed by atoms with van der Waals surface area (Å²) in [5.74, 6) is 0. The molecular formula is C108H62. The Balaban J connectivity index is 0.752. The van der Waals surface area contributed by atoms with Crippen LogP contribution in [-0.4, -0.2) is 0 Å². The van der Waals surface area contributed by atoms with Crippen molar-refractivity contribution in [2.45, 2.75) is 0 Å². The molecule has 24 aromatic rings. The number of rotatable bonds is 5. The van der Waals surface area contributed by atoms with Crippen molar-refractivity contribution < 1.29 is 0 Å². The van der Waals surface area contributed by atoms with Gasteiger partial charge in [0, 0.05) is 0 Å². The van der Waals surface area contributed by atoms with E-state index in [0.717, 1.165) is 0 Å². The first-order chi connectivity index (χ1) is 53.6. The molecule has 0 unspecified atom stereocenters. The molecule has 0 saturated carbocycles. The zero-order valence-electron chi connectivity index (χ0n) is 58.8. The van der Waals surface area contributed by atoms with Crippen LogP contribution in [0.5, 0.6) is 0 Å². The lowest BCUT2D eigenvalue weighted by molar-refractivity contribution is 1.70. The highest BCUT2D eigenvalue weighted by Gasteiger charge is 2.26. The van der Waals surface area contributed by atoms with Gasteiger partial charge in [-0.05, 0) is 316 Å². The molecule has 0 heterocycles. The fraction of sp³-hybridized carbons (Fsp3) is 0. The van der Waals surface area contributed by atoms with Crippen molar-refractivity contribution in [3.8, 4) is 55.6 Å². The van der Waals surface area contributed by atoms with Crippen LogP contribution in [0.1, 0.15) is 0 Å². The minimum absolute atomic E-state index is 1.21. The zero-order chi connectivity index (χ0) is 70.4. The van der Waals surface area contributed by atoms with Crippen molar-refractivity contribution in [2.24, 2.45) is 0 Å². The molecule has 0 spiro atoms. The van der Waals surface area contributed by atoms with E-state index in [4.69, 9.17) is 0 Å². The third kappa shape index (κ3) is 8.57. The second-order valence-corrected chi connectivity index (χ2v) is 29.9. The summed E-state index contributed by atoms with van der Waals surface area (Å²) < 4.78 is 0. The highest BCUT2D eigenvalue weighted by molar-refractivity contribution is 6.34. The maximum Gasteiger partial charge on any atom is -0.00199 e. The molecule has 0 N–H and O–H groups in total. The first kappa shape index (κ1) is 59.4. The van der Waals surface area contributed by atoms with Crippen molar-refractivity contribution in [3.63, 3.8) is 0 Å². The van der Waals surface area contributed by atoms with Gasteiger partial charge < -0.3 is 0 Å². The summed E-state index contributed by atoms with van der Waals surface area (Å²) in [4.78, 5) is 0. The normalized spacial score (nSPS) is 12.3. The van der Waals surface area contributed by atoms with E-state index in [1.165, 1.54) is 250 Å². The van der Waals surface area contributed by atoms with Gasteiger partial charge in [-0.25, -0.2) is 0 Å². The van der Waals surface area contributed by atoms with Gasteiger partial charge in [-0.15, -0.1) is 0 Å². The summed E-state index contributed by atoms with van der Waals surface area (Å²) >= 11 is 0. The third-order valence-electron chi connectivity index (χ3n) is 24.4. The van der Waals surface area contributed by atoms with E-state index >= 15 is 0 Å². The van der Waals surface area contributed by atoms with E-state index in [1.54, 1.807) is 0 Å². The lowest BCUT2D eigenvalue weighted by Gasteiger charge is -2.21. The molecule has 0 bridgehead atoms. The molecule has 0 atom stereocenters. The maximum atomic E-state index is 2.57. The molecule has 0 heteroatoms. The largest absolute Gasteiger partial charge is 0.0616 e. The van der Waals surface area contributed by atoms with E-state index in [9.17, 15) is 0 Å². The fourth-order valence-electron chi connectivity index (χ4n) is 19.7. The number of hydrogen-bond donors (Lipinski definition) is 0. The Bertz CT molecular complexity index is 8170. The van der Waals surface area contributed by atoms with Crippen LogP contribution in [0.2, 0.25) is 0 Å². The van der Waals surface area contributed by atoms with E-state index in [-0.39, 0.29) is 0 Å². The maximum absolute atomic E-state index is 2.57. The first-order valence-electron chi connectivity index (χ1n) is 37.8. The highest BCUT2D eigenvalue weighted by Crippen LogP contribution is 2.53. The van der Waals surface area contributed by atoms with Crippen LogP contribution < -0.4 is 0 Å². The van der Waals surface area contributed by atoms with Crippen molar-refractivity contribution in [2.75, 3.05) is 0 Å². The molecule has 0 aliphatic heterocycles. The first-order valence-corrected chi connectivity index (χ1v) is 37.8. The lowest BCUT2D eigenvalue weighted by Crippen LogP contribution is -1.94. The Kier molecular flexibility index (Phi) is 12.5. The van der Waals surface area contributed by atoms with Gasteiger partial charge in [-0.2, -0.15) is 0 Å². The van der Waals surface area contributed by atoms with E-state index in [0.29, 0.717) is 0 Å². The summed E-state index contributed by atoms with van der Waals surface area (Å²) in [5, 5.41) is 44.7. The summed E-state index contributed by atoms with van der Waals surface area (Å²) in [6.07, 6.45) is 0. The molecule has 0 aliphatic rings. The summed E-state index contributed by atoms with van der Waals surface area (Å²) in [5.41, 5.74) is 12.3. The van der Waals surface area contributed by atoms with Crippen molar-refractivity contribution in [1.29, 1.82) is 0 Å². The molecule has 0 aliphatic carbocycles. The van der Waals surface area contributed by atoms with Gasteiger partial charge in [0.15, 0.2) is 0 Å². The van der Waals surface area contributed by atoms with Gasteiger partial charge in [0.05, 0.1) is 0 Å². The number of hydrogen-bond acceptors (Lipinski definition) is 0. The number of benzene rings is 24. The molecule has 0 nitrogen and oxygen atoms in total. The lowest BCUT2D eigenvalue weighted by atomic mass is 9.81. The SMILES string of the molecule is c1ccc2cc3c(ccc4c(-c5c6ccccc6cc6c5cc(-c5c7ccccc7cc7c5ccc5c(-c8cc9c(-c%10cc%11c(-c%12cccc%13c%12ccc%12cc%14ccccc%14cc%12%13)c%12ccccc%12cc%11c%11ccccc%10%11)c%10ccccc%10cc9c9ccccc89)cccc57)c5ccccc56)cccc43)cc2c1. The predicted octanol–water partition coefficient (Wildman–Crippen LogP) is 30.8. The molecule has 494 valence electrons. The van der Waals surface area contributed by atoms with Crippen molar-refractivity contribution >= 4 is 194 Å². The van der Waals surface area contributed by atoms with Crippen molar-refractivity contribution in [3.05, 3.63) is 376 Å². The molecule has 0 aromatic heterocycles. The Hall–Kier alpha value is -14.0. The Morgan fingerprint density at radius 3 is 0.704 bits per heavy atom. The van der Waals surface area contributed by atoms with Crippen LogP contribution in [-0.2, 0) is 0 Å². The van der Waals surface area contributed by atoms with Gasteiger partial charge in [-0.1, -0.05) is 309 Å². The van der Waals surface area contributed by atoms with Crippen LogP contribution in [0.3, 0.4) is 0 Å². The summed E-state index contributed by atoms with van der Waals surface area (Å²) in [6, 6.07) is 144. The smallest absolute Gasteiger partial charge is 0.00199 e. The van der Waals surface area contributed by atoms with Crippen LogP contribution in [0.25, 0.3) is 250 Å². The van der Waals surface area contributed by atoms with Gasteiger partial charge in [0.1, 0.15) is 0 Å². The molecule has 108 heavy (non-hydrogen) atoms. The van der Waals surface area contributed by atoms with Gasteiger partial charge in [0.25, 0.3) is 0 Å². The Labute approximate surface area is 621 Å². The predicted molar refractivity (Wildman–Crippen MR) is 469 cm³/mol. The van der Waals surface area contributed by atoms with Gasteiger partial charge in [-0.3, -0.25) is 0 Å². The van der Waals surface area contributed by atoms with E-state index in [1.807, 2.05) is 0 Å². The monoisotopic (exact) mass is 1360 g/mol. The molecule has 24 rings (SSSR count). The fourth-order valence-corrected chi connectivity index (χ4v) is 19.7. The second kappa shape index (κ2) is 22.7. The van der Waals surface area contributed by atoms with Gasteiger partial charge in [0.2, 0.25) is 0 Å². The molecule has 0 radical (unpaired) electrons. The average Bonchev–Trinajstić information content (AvgIpc) is 0.714. The quantitative estimate of drug-likeness (QED) is 0.119. The van der Waals surface area contributed by atoms with Crippen LogP contribution in [0, 0.1) is 0 Å². The van der Waals surface area contributed by atoms with Crippen LogP contribution in [0.4, 0.5) is 0 Å². The van der Waals surface area contributed by atoms with E-state index < -0.39 is 0 Å².